The molecule has 1 saturated carbocycles. The molecular formula is C34H33ClN2O4S. The van der Waals surface area contributed by atoms with Crippen LogP contribution in [0.5, 0.6) is 0 Å². The molecule has 8 heteroatoms. The molecule has 2 N–H and O–H groups in total. The van der Waals surface area contributed by atoms with Crippen molar-refractivity contribution >= 4 is 46.4 Å². The predicted octanol–water partition coefficient (Wildman–Crippen LogP) is 8.17. The number of anilines is 1. The molecule has 0 aliphatic heterocycles. The zero-order valence-corrected chi connectivity index (χ0v) is 24.8. The van der Waals surface area contributed by atoms with Crippen molar-refractivity contribution in [2.24, 2.45) is 0 Å². The van der Waals surface area contributed by atoms with Crippen molar-refractivity contribution in [1.82, 2.24) is 5.32 Å². The first-order chi connectivity index (χ1) is 20.4. The molecule has 1 heterocycles. The average molecular weight is 601 g/mol. The van der Waals surface area contributed by atoms with Crippen molar-refractivity contribution in [2.45, 2.75) is 51.0 Å². The number of amides is 2. The van der Waals surface area contributed by atoms with E-state index in [2.05, 4.69) is 17.4 Å². The fourth-order valence-corrected chi connectivity index (χ4v) is 6.34. The Hall–Kier alpha value is -3.94. The number of carboxylic acids is 1. The van der Waals surface area contributed by atoms with E-state index in [4.69, 9.17) is 16.7 Å². The summed E-state index contributed by atoms with van der Waals surface area (Å²) in [5.41, 5.74) is 5.41. The lowest BCUT2D eigenvalue weighted by Gasteiger charge is -2.25. The van der Waals surface area contributed by atoms with Crippen LogP contribution >= 0.6 is 22.9 Å². The molecule has 0 atom stereocenters. The lowest BCUT2D eigenvalue weighted by molar-refractivity contribution is -0.136. The quantitative estimate of drug-likeness (QED) is 0.192. The minimum atomic E-state index is -0.965. The van der Waals surface area contributed by atoms with E-state index >= 15 is 0 Å². The van der Waals surface area contributed by atoms with Gasteiger partial charge in [-0.05, 0) is 88.9 Å². The number of carbonyl (C=O) groups excluding carboxylic acids is 2. The molecule has 4 aromatic rings. The smallest absolute Gasteiger partial charge is 0.305 e. The highest BCUT2D eigenvalue weighted by Gasteiger charge is 2.22. The van der Waals surface area contributed by atoms with Gasteiger partial charge in [0.1, 0.15) is 0 Å². The maximum atomic E-state index is 14.0. The van der Waals surface area contributed by atoms with Crippen molar-refractivity contribution in [1.29, 1.82) is 0 Å². The fourth-order valence-electron chi connectivity index (χ4n) is 5.35. The molecule has 0 saturated heterocycles. The van der Waals surface area contributed by atoms with E-state index in [0.29, 0.717) is 27.9 Å². The number of hydrogen-bond donors (Lipinski definition) is 2. The van der Waals surface area contributed by atoms with E-state index in [0.717, 1.165) is 22.4 Å². The number of rotatable bonds is 10. The summed E-state index contributed by atoms with van der Waals surface area (Å²) >= 11 is 7.47. The minimum Gasteiger partial charge on any atom is -0.481 e. The maximum absolute atomic E-state index is 14.0. The number of carbonyl (C=O) groups is 3. The molecule has 5 rings (SSSR count). The highest BCUT2D eigenvalue weighted by atomic mass is 35.5. The Morgan fingerprint density at radius 2 is 1.57 bits per heavy atom. The van der Waals surface area contributed by atoms with Gasteiger partial charge in [-0.25, -0.2) is 0 Å². The minimum absolute atomic E-state index is 0.0634. The lowest BCUT2D eigenvalue weighted by Crippen LogP contribution is -2.30. The van der Waals surface area contributed by atoms with Crippen molar-refractivity contribution in [3.8, 4) is 11.1 Å². The van der Waals surface area contributed by atoms with Crippen LogP contribution in [0.4, 0.5) is 5.69 Å². The van der Waals surface area contributed by atoms with Gasteiger partial charge in [0.2, 0.25) is 0 Å². The number of thiophene rings is 1. The number of aliphatic carboxylic acids is 1. The molecule has 0 unspecified atom stereocenters. The van der Waals surface area contributed by atoms with Gasteiger partial charge in [0.15, 0.2) is 0 Å². The second kappa shape index (κ2) is 13.8. The van der Waals surface area contributed by atoms with Gasteiger partial charge in [0.05, 0.1) is 17.8 Å². The summed E-state index contributed by atoms with van der Waals surface area (Å²) in [6.45, 7) is 0.393. The number of benzene rings is 3. The first-order valence-corrected chi connectivity index (χ1v) is 15.5. The number of hydrogen-bond acceptors (Lipinski definition) is 4. The van der Waals surface area contributed by atoms with Crippen LogP contribution < -0.4 is 10.2 Å². The Morgan fingerprint density at radius 3 is 2.24 bits per heavy atom. The largest absolute Gasteiger partial charge is 0.481 e. The number of carboxylic acid groups (broad SMARTS) is 1. The summed E-state index contributed by atoms with van der Waals surface area (Å²) in [6, 6.07) is 24.9. The van der Waals surface area contributed by atoms with Gasteiger partial charge >= 0.3 is 5.97 Å². The van der Waals surface area contributed by atoms with E-state index < -0.39 is 5.97 Å². The van der Waals surface area contributed by atoms with Gasteiger partial charge < -0.3 is 15.3 Å². The van der Waals surface area contributed by atoms with E-state index in [1.807, 2.05) is 60.0 Å². The number of halogens is 1. The molecule has 2 amide bonds. The Morgan fingerprint density at radius 1 is 0.881 bits per heavy atom. The molecule has 3 aromatic carbocycles. The summed E-state index contributed by atoms with van der Waals surface area (Å²) in [4.78, 5) is 39.5. The fraction of sp³-hybridized carbons (Fsp3) is 0.265. The molecule has 1 aliphatic rings. The monoisotopic (exact) mass is 600 g/mol. The molecular weight excluding hydrogens is 568 g/mol. The van der Waals surface area contributed by atoms with Gasteiger partial charge in [0, 0.05) is 22.8 Å². The molecule has 0 bridgehead atoms. The predicted molar refractivity (Wildman–Crippen MR) is 169 cm³/mol. The summed E-state index contributed by atoms with van der Waals surface area (Å²) in [5, 5.41) is 14.1. The van der Waals surface area contributed by atoms with Crippen LogP contribution in [0.25, 0.3) is 11.1 Å². The topological polar surface area (TPSA) is 86.7 Å². The van der Waals surface area contributed by atoms with Gasteiger partial charge in [0.25, 0.3) is 11.8 Å². The van der Waals surface area contributed by atoms with Crippen LogP contribution in [0.15, 0.2) is 84.2 Å². The standard InChI is InChI=1S/C34H33ClN2O4S/c35-29-14-10-26(11-15-29)28-20-31(42-22-28)34(41)37(30-16-12-25(13-17-30)24-4-2-1-3-5-24)21-23-6-8-27(9-7-23)33(40)36-19-18-32(38)39/h6-17,20,22,24H,1-5,18-19,21H2,(H,36,40)(H,38,39). The Kier molecular flexibility index (Phi) is 9.72. The van der Waals surface area contributed by atoms with Crippen LogP contribution in [0, 0.1) is 0 Å². The number of nitrogens with zero attached hydrogens (tertiary/aromatic N) is 1. The molecule has 42 heavy (non-hydrogen) atoms. The Balaban J connectivity index is 1.37. The third-order valence-corrected chi connectivity index (χ3v) is 8.87. The summed E-state index contributed by atoms with van der Waals surface area (Å²) in [5.74, 6) is -0.818. The van der Waals surface area contributed by atoms with Crippen LogP contribution in [0.3, 0.4) is 0 Å². The summed E-state index contributed by atoms with van der Waals surface area (Å²) < 4.78 is 0. The first kappa shape index (κ1) is 29.5. The zero-order valence-electron chi connectivity index (χ0n) is 23.2. The third kappa shape index (κ3) is 7.46. The summed E-state index contributed by atoms with van der Waals surface area (Å²) in [6.07, 6.45) is 6.11. The van der Waals surface area contributed by atoms with Gasteiger partial charge in [-0.15, -0.1) is 11.3 Å². The number of nitrogens with one attached hydrogen (secondary N) is 1. The zero-order chi connectivity index (χ0) is 29.5. The SMILES string of the molecule is O=C(O)CCNC(=O)c1ccc(CN(C(=O)c2cc(-c3ccc(Cl)cc3)cs2)c2ccc(C3CCCCC3)cc2)cc1. The van der Waals surface area contributed by atoms with Gasteiger partial charge in [-0.1, -0.05) is 67.3 Å². The second-order valence-corrected chi connectivity index (χ2v) is 12.0. The molecule has 1 fully saturated rings. The molecule has 1 aliphatic carbocycles. The van der Waals surface area contributed by atoms with E-state index in [9.17, 15) is 14.4 Å². The van der Waals surface area contributed by atoms with Crippen LogP contribution in [0.2, 0.25) is 5.02 Å². The van der Waals surface area contributed by atoms with Gasteiger partial charge in [-0.3, -0.25) is 14.4 Å². The average Bonchev–Trinajstić information content (AvgIpc) is 3.51. The van der Waals surface area contributed by atoms with Gasteiger partial charge in [-0.2, -0.15) is 0 Å². The second-order valence-electron chi connectivity index (χ2n) is 10.6. The van der Waals surface area contributed by atoms with Crippen LogP contribution in [-0.4, -0.2) is 29.4 Å². The van der Waals surface area contributed by atoms with Crippen LogP contribution in [-0.2, 0) is 11.3 Å². The maximum Gasteiger partial charge on any atom is 0.305 e. The molecule has 1 aromatic heterocycles. The lowest BCUT2D eigenvalue weighted by atomic mass is 9.84. The van der Waals surface area contributed by atoms with Crippen molar-refractivity contribution < 1.29 is 19.5 Å². The van der Waals surface area contributed by atoms with Crippen molar-refractivity contribution in [3.05, 3.63) is 111 Å². The highest BCUT2D eigenvalue weighted by Crippen LogP contribution is 2.34. The molecule has 216 valence electrons. The van der Waals surface area contributed by atoms with Crippen molar-refractivity contribution in [3.63, 3.8) is 0 Å². The Bertz CT molecular complexity index is 1530. The van der Waals surface area contributed by atoms with E-state index in [1.165, 1.54) is 49.0 Å². The molecule has 6 nitrogen and oxygen atoms in total. The molecule has 0 spiro atoms. The first-order valence-electron chi connectivity index (χ1n) is 14.2. The van der Waals surface area contributed by atoms with E-state index in [-0.39, 0.29) is 24.8 Å². The third-order valence-electron chi connectivity index (χ3n) is 7.70. The Labute approximate surface area is 255 Å². The highest BCUT2D eigenvalue weighted by molar-refractivity contribution is 7.12. The van der Waals surface area contributed by atoms with E-state index in [1.54, 1.807) is 17.0 Å². The summed E-state index contributed by atoms with van der Waals surface area (Å²) in [7, 11) is 0. The normalized spacial score (nSPS) is 13.5. The van der Waals surface area contributed by atoms with Crippen molar-refractivity contribution in [2.75, 3.05) is 11.4 Å². The molecule has 0 radical (unpaired) electrons. The van der Waals surface area contributed by atoms with Crippen LogP contribution in [0.1, 0.15) is 75.6 Å².